The molecule has 0 aromatic heterocycles. The molecule has 5 rings (SSSR count). The number of fused-ring (bicyclic) bond motifs is 5. The zero-order valence-corrected chi connectivity index (χ0v) is 20.0. The summed E-state index contributed by atoms with van der Waals surface area (Å²) in [4.78, 5) is 14.1. The first-order chi connectivity index (χ1) is 15.2. The average Bonchev–Trinajstić information content (AvgIpc) is 3.03. The number of allylic oxidation sites excluding steroid dienone is 1. The zero-order valence-electron chi connectivity index (χ0n) is 20.0. The van der Waals surface area contributed by atoms with E-state index in [1.165, 1.54) is 5.57 Å². The maximum atomic E-state index is 12.0. The Kier molecular flexibility index (Phi) is 5.29. The van der Waals surface area contributed by atoms with Crippen molar-refractivity contribution >= 4 is 11.5 Å². The van der Waals surface area contributed by atoms with E-state index in [0.29, 0.717) is 35.4 Å². The molecule has 0 amide bonds. The number of benzene rings is 1. The summed E-state index contributed by atoms with van der Waals surface area (Å²) in [7, 11) is 4.07. The Balaban J connectivity index is 1.41. The molecule has 3 fully saturated rings. The molecule has 1 aromatic carbocycles. The van der Waals surface area contributed by atoms with Crippen LogP contribution < -0.4 is 4.90 Å². The predicted octanol–water partition coefficient (Wildman–Crippen LogP) is 5.22. The summed E-state index contributed by atoms with van der Waals surface area (Å²) in [6.07, 6.45) is 8.83. The first-order valence-electron chi connectivity index (χ1n) is 12.5. The molecule has 4 aliphatic carbocycles. The number of carbonyl (C=O) groups is 1. The lowest BCUT2D eigenvalue weighted by atomic mass is 9.48. The quantitative estimate of drug-likeness (QED) is 0.620. The third kappa shape index (κ3) is 3.34. The lowest BCUT2D eigenvalue weighted by Gasteiger charge is -2.56. The van der Waals surface area contributed by atoms with Crippen LogP contribution in [0.5, 0.6) is 0 Å². The average molecular weight is 432 g/mol. The normalized spacial score (nSPS) is 40.3. The van der Waals surface area contributed by atoms with Gasteiger partial charge in [0.25, 0.3) is 0 Å². The Morgan fingerprint density at radius 2 is 1.84 bits per heavy atom. The number of anilines is 1. The van der Waals surface area contributed by atoms with Crippen LogP contribution in [0.25, 0.3) is 0 Å². The van der Waals surface area contributed by atoms with Crippen LogP contribution in [0.2, 0.25) is 0 Å². The molecule has 5 unspecified atom stereocenters. The highest BCUT2D eigenvalue weighted by Gasteiger charge is 2.63. The van der Waals surface area contributed by atoms with Crippen LogP contribution in [0.4, 0.5) is 5.69 Å². The van der Waals surface area contributed by atoms with Crippen molar-refractivity contribution in [3.8, 4) is 11.8 Å². The fraction of sp³-hybridized carbons (Fsp3) is 0.621. The summed E-state index contributed by atoms with van der Waals surface area (Å²) in [5.74, 6) is 10.0. The van der Waals surface area contributed by atoms with Gasteiger partial charge in [0, 0.05) is 37.2 Å². The summed E-state index contributed by atoms with van der Waals surface area (Å²) in [6, 6.07) is 8.28. The van der Waals surface area contributed by atoms with Gasteiger partial charge >= 0.3 is 0 Å². The van der Waals surface area contributed by atoms with Crippen LogP contribution in [0, 0.1) is 46.8 Å². The minimum Gasteiger partial charge on any atom is -0.378 e. The van der Waals surface area contributed by atoms with Crippen LogP contribution in [0.15, 0.2) is 35.9 Å². The summed E-state index contributed by atoms with van der Waals surface area (Å²) >= 11 is 0. The van der Waals surface area contributed by atoms with Crippen molar-refractivity contribution < 1.29 is 9.90 Å². The van der Waals surface area contributed by atoms with Crippen molar-refractivity contribution in [3.63, 3.8) is 0 Å². The van der Waals surface area contributed by atoms with Crippen molar-refractivity contribution in [1.82, 2.24) is 0 Å². The van der Waals surface area contributed by atoms with Gasteiger partial charge in [-0.25, -0.2) is 0 Å². The van der Waals surface area contributed by atoms with Crippen molar-refractivity contribution in [1.29, 1.82) is 0 Å². The van der Waals surface area contributed by atoms with Crippen LogP contribution in [-0.4, -0.2) is 30.6 Å². The zero-order chi connectivity index (χ0) is 22.7. The van der Waals surface area contributed by atoms with Crippen molar-refractivity contribution in [2.75, 3.05) is 19.0 Å². The lowest BCUT2D eigenvalue weighted by Crippen LogP contribution is -2.54. The number of nitrogens with zero attached hydrogens (tertiary/aromatic N) is 1. The minimum atomic E-state index is -0.915. The highest BCUT2D eigenvalue weighted by molar-refractivity contribution is 5.91. The molecule has 0 aliphatic heterocycles. The molecule has 7 atom stereocenters. The Morgan fingerprint density at radius 3 is 2.56 bits per heavy atom. The second-order valence-electron chi connectivity index (χ2n) is 11.4. The topological polar surface area (TPSA) is 40.5 Å². The monoisotopic (exact) mass is 431 g/mol. The summed E-state index contributed by atoms with van der Waals surface area (Å²) in [5.41, 5.74) is 2.49. The molecule has 1 aromatic rings. The van der Waals surface area contributed by atoms with E-state index in [1.54, 1.807) is 0 Å². The van der Waals surface area contributed by atoms with Gasteiger partial charge in [-0.2, -0.15) is 0 Å². The Labute approximate surface area is 193 Å². The Hall–Kier alpha value is -2.05. The van der Waals surface area contributed by atoms with Gasteiger partial charge in [-0.3, -0.25) is 4.79 Å². The highest BCUT2D eigenvalue weighted by Crippen LogP contribution is 2.65. The van der Waals surface area contributed by atoms with Crippen molar-refractivity contribution in [3.05, 3.63) is 41.5 Å². The molecule has 0 heterocycles. The maximum absolute atomic E-state index is 12.0. The smallest absolute Gasteiger partial charge is 0.155 e. The molecule has 3 saturated carbocycles. The molecule has 1 N–H and O–H groups in total. The number of hydrogen-bond acceptors (Lipinski definition) is 3. The van der Waals surface area contributed by atoms with Crippen LogP contribution >= 0.6 is 0 Å². The molecule has 4 aliphatic rings. The predicted molar refractivity (Wildman–Crippen MR) is 129 cm³/mol. The highest BCUT2D eigenvalue weighted by atomic mass is 16.3. The first-order valence-corrected chi connectivity index (χ1v) is 12.5. The number of aliphatic hydroxyl groups is 1. The third-order valence-corrected chi connectivity index (χ3v) is 9.59. The molecule has 0 bridgehead atoms. The van der Waals surface area contributed by atoms with E-state index >= 15 is 0 Å². The molecule has 170 valence electrons. The van der Waals surface area contributed by atoms with E-state index in [2.05, 4.69) is 54.9 Å². The number of hydrogen-bond donors (Lipinski definition) is 1. The van der Waals surface area contributed by atoms with Gasteiger partial charge in [-0.1, -0.05) is 31.3 Å². The van der Waals surface area contributed by atoms with Gasteiger partial charge in [-0.15, -0.1) is 0 Å². The molecule has 0 radical (unpaired) electrons. The van der Waals surface area contributed by atoms with Crippen LogP contribution in [0.1, 0.15) is 64.4 Å². The maximum Gasteiger partial charge on any atom is 0.155 e. The van der Waals surface area contributed by atoms with Gasteiger partial charge in [0.2, 0.25) is 0 Å². The summed E-state index contributed by atoms with van der Waals surface area (Å²) in [5, 5.41) is 11.9. The number of ketones is 1. The molecule has 32 heavy (non-hydrogen) atoms. The summed E-state index contributed by atoms with van der Waals surface area (Å²) in [6.45, 7) is 4.70. The largest absolute Gasteiger partial charge is 0.378 e. The van der Waals surface area contributed by atoms with E-state index in [-0.39, 0.29) is 5.41 Å². The van der Waals surface area contributed by atoms with E-state index in [4.69, 9.17) is 0 Å². The SMILES string of the molecule is CC1CC2=CC(=O)CCC2C2CC[C@@]3(C)C(CC[C@@]3(O)C#Cc3ccc(N(C)C)cc3)C12. The minimum absolute atomic E-state index is 0.148. The van der Waals surface area contributed by atoms with E-state index in [0.717, 1.165) is 56.2 Å². The van der Waals surface area contributed by atoms with Gasteiger partial charge < -0.3 is 10.0 Å². The standard InChI is InChI=1S/C29H37NO2/c1-19-17-21-18-23(31)9-10-24(21)25-12-14-28(2)26(27(19)25)13-16-29(28,32)15-11-20-5-7-22(8-6-20)30(3)4/h5-8,18-19,24-27,32H,9-10,12-14,16-17H2,1-4H3/t19?,24?,25?,26?,27?,28-,29-/m0/s1. The van der Waals surface area contributed by atoms with E-state index in [1.807, 2.05) is 20.2 Å². The Bertz CT molecular complexity index is 996. The second kappa shape index (κ2) is 7.77. The molecular weight excluding hydrogens is 394 g/mol. The summed E-state index contributed by atoms with van der Waals surface area (Å²) < 4.78 is 0. The molecule has 0 saturated heterocycles. The molecule has 3 heteroatoms. The number of carbonyl (C=O) groups excluding carboxylic acids is 1. The molecular formula is C29H37NO2. The molecule has 3 nitrogen and oxygen atoms in total. The van der Waals surface area contributed by atoms with Crippen LogP contribution in [0.3, 0.4) is 0 Å². The van der Waals surface area contributed by atoms with E-state index in [9.17, 15) is 9.90 Å². The number of rotatable bonds is 1. The second-order valence-corrected chi connectivity index (χ2v) is 11.4. The van der Waals surface area contributed by atoms with Gasteiger partial charge in [0.15, 0.2) is 5.78 Å². The van der Waals surface area contributed by atoms with Gasteiger partial charge in [0.05, 0.1) is 0 Å². The van der Waals surface area contributed by atoms with Crippen molar-refractivity contribution in [2.24, 2.45) is 35.0 Å². The Morgan fingerprint density at radius 1 is 1.09 bits per heavy atom. The fourth-order valence-corrected chi connectivity index (χ4v) is 7.83. The van der Waals surface area contributed by atoms with Gasteiger partial charge in [-0.05, 0) is 98.5 Å². The fourth-order valence-electron chi connectivity index (χ4n) is 7.83. The lowest BCUT2D eigenvalue weighted by molar-refractivity contribution is -0.117. The van der Waals surface area contributed by atoms with Gasteiger partial charge in [0.1, 0.15) is 5.60 Å². The molecule has 0 spiro atoms. The first kappa shape index (κ1) is 21.8. The van der Waals surface area contributed by atoms with Crippen LogP contribution in [-0.2, 0) is 4.79 Å². The van der Waals surface area contributed by atoms with Crippen molar-refractivity contribution in [2.45, 2.75) is 64.4 Å². The third-order valence-electron chi connectivity index (χ3n) is 9.59. The van der Waals surface area contributed by atoms with E-state index < -0.39 is 5.60 Å².